The van der Waals surface area contributed by atoms with E-state index in [1.54, 1.807) is 11.3 Å². The number of aliphatic carboxylic acids is 1. The number of rotatable bonds is 3. The van der Waals surface area contributed by atoms with Crippen molar-refractivity contribution in [1.82, 2.24) is 4.98 Å². The van der Waals surface area contributed by atoms with Crippen molar-refractivity contribution < 1.29 is 9.90 Å². The van der Waals surface area contributed by atoms with Crippen molar-refractivity contribution >= 4 is 28.2 Å². The molecule has 0 unspecified atom stereocenters. The Morgan fingerprint density at radius 2 is 2.00 bits per heavy atom. The Morgan fingerprint density at radius 3 is 2.62 bits per heavy atom. The second-order valence-electron chi connectivity index (χ2n) is 5.43. The molecule has 0 amide bonds. The first-order valence-corrected chi connectivity index (χ1v) is 7.67. The summed E-state index contributed by atoms with van der Waals surface area (Å²) in [5.41, 5.74) is 5.07. The molecule has 0 fully saturated rings. The summed E-state index contributed by atoms with van der Waals surface area (Å²) in [5, 5.41) is 10.3. The fourth-order valence-corrected chi connectivity index (χ4v) is 3.74. The highest BCUT2D eigenvalue weighted by molar-refractivity contribution is 7.12. The first-order chi connectivity index (χ1) is 9.95. The minimum atomic E-state index is -0.803. The lowest BCUT2D eigenvalue weighted by molar-refractivity contribution is -0.136. The van der Waals surface area contributed by atoms with E-state index in [-0.39, 0.29) is 6.42 Å². The molecule has 0 spiro atoms. The van der Waals surface area contributed by atoms with Gasteiger partial charge in [0, 0.05) is 26.2 Å². The second-order valence-corrected chi connectivity index (χ2v) is 6.89. The van der Waals surface area contributed by atoms with E-state index in [1.165, 1.54) is 9.75 Å². The minimum Gasteiger partial charge on any atom is -0.481 e. The van der Waals surface area contributed by atoms with Gasteiger partial charge in [-0.15, -0.1) is 11.3 Å². The third-order valence-electron chi connectivity index (χ3n) is 3.70. The molecular weight excluding hydrogens is 282 g/mol. The summed E-state index contributed by atoms with van der Waals surface area (Å²) < 4.78 is 0. The van der Waals surface area contributed by atoms with Gasteiger partial charge in [-0.05, 0) is 44.5 Å². The smallest absolute Gasteiger partial charge is 0.307 e. The molecule has 1 aromatic carbocycles. The Kier molecular flexibility index (Phi) is 3.33. The molecule has 2 N–H and O–H groups in total. The highest BCUT2D eigenvalue weighted by Gasteiger charge is 2.18. The number of aromatic amines is 1. The molecule has 0 aliphatic carbocycles. The van der Waals surface area contributed by atoms with Gasteiger partial charge in [0.25, 0.3) is 0 Å². The molecule has 21 heavy (non-hydrogen) atoms. The molecule has 0 aliphatic rings. The Hall–Kier alpha value is -2.07. The van der Waals surface area contributed by atoms with Crippen LogP contribution in [0.2, 0.25) is 0 Å². The fourth-order valence-electron chi connectivity index (χ4n) is 2.81. The SMILES string of the molecule is Cc1ccc2[nH]c(-c3cc(C)sc3C)c(CC(=O)O)c2c1. The van der Waals surface area contributed by atoms with E-state index in [2.05, 4.69) is 31.0 Å². The van der Waals surface area contributed by atoms with Gasteiger partial charge in [0.2, 0.25) is 0 Å². The molecule has 0 saturated heterocycles. The number of carboxylic acid groups (broad SMARTS) is 1. The van der Waals surface area contributed by atoms with E-state index in [9.17, 15) is 9.90 Å². The van der Waals surface area contributed by atoms with E-state index < -0.39 is 5.97 Å². The number of carbonyl (C=O) groups is 1. The standard InChI is InChI=1S/C17H17NO2S/c1-9-4-5-15-13(6-9)14(8-16(19)20)17(18-15)12-7-10(2)21-11(12)3/h4-7,18H,8H2,1-3H3,(H,19,20). The van der Waals surface area contributed by atoms with Crippen LogP contribution in [0.1, 0.15) is 20.9 Å². The number of hydrogen-bond donors (Lipinski definition) is 2. The van der Waals surface area contributed by atoms with Gasteiger partial charge in [0.1, 0.15) is 0 Å². The Bertz CT molecular complexity index is 842. The zero-order valence-electron chi connectivity index (χ0n) is 12.3. The molecule has 3 aromatic rings. The summed E-state index contributed by atoms with van der Waals surface area (Å²) in [6, 6.07) is 8.25. The molecule has 0 atom stereocenters. The molecule has 0 aliphatic heterocycles. The van der Waals surface area contributed by atoms with Crippen LogP contribution in [0.5, 0.6) is 0 Å². The first-order valence-electron chi connectivity index (χ1n) is 6.86. The van der Waals surface area contributed by atoms with Gasteiger partial charge in [0.05, 0.1) is 12.1 Å². The van der Waals surface area contributed by atoms with Crippen molar-refractivity contribution in [2.24, 2.45) is 0 Å². The highest BCUT2D eigenvalue weighted by atomic mass is 32.1. The van der Waals surface area contributed by atoms with E-state index in [4.69, 9.17) is 0 Å². The van der Waals surface area contributed by atoms with Crippen LogP contribution in [0.15, 0.2) is 24.3 Å². The number of carboxylic acids is 1. The lowest BCUT2D eigenvalue weighted by Gasteiger charge is -2.02. The topological polar surface area (TPSA) is 53.1 Å². The van der Waals surface area contributed by atoms with Crippen molar-refractivity contribution in [2.45, 2.75) is 27.2 Å². The maximum absolute atomic E-state index is 11.3. The molecular formula is C17H17NO2S. The van der Waals surface area contributed by atoms with Crippen molar-refractivity contribution in [3.05, 3.63) is 45.1 Å². The van der Waals surface area contributed by atoms with Crippen LogP contribution in [0.25, 0.3) is 22.2 Å². The average molecular weight is 299 g/mol. The van der Waals surface area contributed by atoms with Gasteiger partial charge in [-0.25, -0.2) is 0 Å². The van der Waals surface area contributed by atoms with Crippen LogP contribution in [0.3, 0.4) is 0 Å². The Morgan fingerprint density at radius 1 is 1.24 bits per heavy atom. The number of aromatic nitrogens is 1. The minimum absolute atomic E-state index is 0.0348. The van der Waals surface area contributed by atoms with Crippen LogP contribution in [0, 0.1) is 20.8 Å². The Labute approximate surface area is 127 Å². The maximum Gasteiger partial charge on any atom is 0.307 e. The summed E-state index contributed by atoms with van der Waals surface area (Å²) in [6.07, 6.45) is 0.0348. The van der Waals surface area contributed by atoms with Crippen molar-refractivity contribution in [3.63, 3.8) is 0 Å². The molecule has 4 heteroatoms. The van der Waals surface area contributed by atoms with Crippen LogP contribution >= 0.6 is 11.3 Å². The first kappa shape index (κ1) is 13.9. The van der Waals surface area contributed by atoms with Gasteiger partial charge in [0.15, 0.2) is 0 Å². The highest BCUT2D eigenvalue weighted by Crippen LogP contribution is 2.36. The number of nitrogens with one attached hydrogen (secondary N) is 1. The fraction of sp³-hybridized carbons (Fsp3) is 0.235. The number of benzene rings is 1. The molecule has 0 saturated carbocycles. The predicted molar refractivity (Wildman–Crippen MR) is 87.2 cm³/mol. The molecule has 3 nitrogen and oxygen atoms in total. The zero-order chi connectivity index (χ0) is 15.1. The number of H-pyrrole nitrogens is 1. The summed E-state index contributed by atoms with van der Waals surface area (Å²) in [4.78, 5) is 17.1. The zero-order valence-corrected chi connectivity index (χ0v) is 13.1. The van der Waals surface area contributed by atoms with Crippen LogP contribution in [0.4, 0.5) is 0 Å². The maximum atomic E-state index is 11.3. The van der Waals surface area contributed by atoms with E-state index in [1.807, 2.05) is 19.1 Å². The predicted octanol–water partition coefficient (Wildman–Crippen LogP) is 4.45. The third kappa shape index (κ3) is 2.47. The quantitative estimate of drug-likeness (QED) is 0.750. The number of thiophene rings is 1. The van der Waals surface area contributed by atoms with Gasteiger partial charge < -0.3 is 10.1 Å². The summed E-state index contributed by atoms with van der Waals surface area (Å²) in [6.45, 7) is 6.18. The van der Waals surface area contributed by atoms with Crippen LogP contribution in [-0.2, 0) is 11.2 Å². The monoisotopic (exact) mass is 299 g/mol. The molecule has 2 aromatic heterocycles. The van der Waals surface area contributed by atoms with Gasteiger partial charge in [-0.2, -0.15) is 0 Å². The van der Waals surface area contributed by atoms with Crippen molar-refractivity contribution in [3.8, 4) is 11.3 Å². The van der Waals surface area contributed by atoms with Gasteiger partial charge in [-0.3, -0.25) is 4.79 Å². The number of aryl methyl sites for hydroxylation is 3. The lowest BCUT2D eigenvalue weighted by atomic mass is 10.0. The third-order valence-corrected chi connectivity index (χ3v) is 4.67. The molecule has 0 radical (unpaired) electrons. The van der Waals surface area contributed by atoms with Crippen LogP contribution < -0.4 is 0 Å². The normalized spacial score (nSPS) is 11.2. The number of hydrogen-bond acceptors (Lipinski definition) is 2. The van der Waals surface area contributed by atoms with E-state index in [0.29, 0.717) is 0 Å². The summed E-state index contributed by atoms with van der Waals surface area (Å²) >= 11 is 1.74. The molecule has 2 heterocycles. The van der Waals surface area contributed by atoms with Crippen LogP contribution in [-0.4, -0.2) is 16.1 Å². The molecule has 0 bridgehead atoms. The average Bonchev–Trinajstić information content (AvgIpc) is 2.90. The summed E-state index contributed by atoms with van der Waals surface area (Å²) in [5.74, 6) is -0.803. The van der Waals surface area contributed by atoms with Crippen molar-refractivity contribution in [2.75, 3.05) is 0 Å². The Balaban J connectivity index is 2.30. The lowest BCUT2D eigenvalue weighted by Crippen LogP contribution is -2.01. The van der Waals surface area contributed by atoms with Gasteiger partial charge >= 0.3 is 5.97 Å². The van der Waals surface area contributed by atoms with E-state index in [0.717, 1.165) is 33.3 Å². The van der Waals surface area contributed by atoms with Gasteiger partial charge in [-0.1, -0.05) is 11.6 Å². The molecule has 3 rings (SSSR count). The van der Waals surface area contributed by atoms with Crippen molar-refractivity contribution in [1.29, 1.82) is 0 Å². The largest absolute Gasteiger partial charge is 0.481 e. The molecule has 108 valence electrons. The number of fused-ring (bicyclic) bond motifs is 1. The summed E-state index contributed by atoms with van der Waals surface area (Å²) in [7, 11) is 0. The van der Waals surface area contributed by atoms with E-state index >= 15 is 0 Å². The second kappa shape index (κ2) is 5.04.